The van der Waals surface area contributed by atoms with Gasteiger partial charge in [0.1, 0.15) is 17.4 Å². The number of aromatic nitrogens is 1. The average Bonchev–Trinajstić information content (AvgIpc) is 3.10. The molecule has 0 fully saturated rings. The van der Waals surface area contributed by atoms with Crippen LogP contribution < -0.4 is 10.1 Å². The molecule has 0 aliphatic heterocycles. The number of hydrogen-bond donors (Lipinski definition) is 1. The third-order valence-corrected chi connectivity index (χ3v) is 4.67. The van der Waals surface area contributed by atoms with Crippen molar-refractivity contribution in [3.8, 4) is 5.75 Å². The van der Waals surface area contributed by atoms with Gasteiger partial charge < -0.3 is 10.1 Å². The Bertz CT molecular complexity index is 1010. The standard InChI is InChI=1S/C18H13ClFN3O4S/c19-11-1-4-14(5-2-11)27-9-18-22-13(10-28-18)8-17(24)21-12-3-6-15(20)16(7-12)23(25)26/h1-7,10H,8-9H2,(H,21,24). The van der Waals surface area contributed by atoms with Crippen LogP contribution in [0.2, 0.25) is 5.02 Å². The molecular weight excluding hydrogens is 409 g/mol. The minimum absolute atomic E-state index is 0.0252. The molecule has 1 N–H and O–H groups in total. The van der Waals surface area contributed by atoms with Crippen LogP contribution in [0.4, 0.5) is 15.8 Å². The van der Waals surface area contributed by atoms with Crippen molar-refractivity contribution in [2.75, 3.05) is 5.32 Å². The highest BCUT2D eigenvalue weighted by molar-refractivity contribution is 7.09. The molecule has 0 unspecified atom stereocenters. The maximum Gasteiger partial charge on any atom is 0.306 e. The molecule has 3 aromatic rings. The van der Waals surface area contributed by atoms with E-state index < -0.39 is 22.3 Å². The monoisotopic (exact) mass is 421 g/mol. The van der Waals surface area contributed by atoms with Gasteiger partial charge in [0.15, 0.2) is 0 Å². The summed E-state index contributed by atoms with van der Waals surface area (Å²) in [4.78, 5) is 26.3. The normalized spacial score (nSPS) is 10.5. The minimum Gasteiger partial charge on any atom is -0.486 e. The van der Waals surface area contributed by atoms with E-state index in [1.165, 1.54) is 17.4 Å². The molecule has 0 aliphatic rings. The maximum atomic E-state index is 13.3. The van der Waals surface area contributed by atoms with Crippen LogP contribution >= 0.6 is 22.9 Å². The fraction of sp³-hybridized carbons (Fsp3) is 0.111. The van der Waals surface area contributed by atoms with E-state index in [4.69, 9.17) is 16.3 Å². The first-order valence-electron chi connectivity index (χ1n) is 7.96. The lowest BCUT2D eigenvalue weighted by atomic mass is 10.2. The molecule has 10 heteroatoms. The Morgan fingerprint density at radius 3 is 2.75 bits per heavy atom. The molecule has 0 aliphatic carbocycles. The van der Waals surface area contributed by atoms with Gasteiger partial charge >= 0.3 is 5.69 Å². The van der Waals surface area contributed by atoms with Crippen molar-refractivity contribution in [2.45, 2.75) is 13.0 Å². The Morgan fingerprint density at radius 1 is 1.29 bits per heavy atom. The fourth-order valence-electron chi connectivity index (χ4n) is 2.27. The maximum absolute atomic E-state index is 13.3. The summed E-state index contributed by atoms with van der Waals surface area (Å²) in [6, 6.07) is 10.1. The summed E-state index contributed by atoms with van der Waals surface area (Å²) in [6.45, 7) is 0.248. The molecule has 3 rings (SSSR count). The van der Waals surface area contributed by atoms with Crippen molar-refractivity contribution in [1.29, 1.82) is 0 Å². The second-order valence-corrected chi connectivity index (χ2v) is 7.00. The largest absolute Gasteiger partial charge is 0.486 e. The van der Waals surface area contributed by atoms with Crippen molar-refractivity contribution in [3.63, 3.8) is 0 Å². The zero-order valence-electron chi connectivity index (χ0n) is 14.2. The quantitative estimate of drug-likeness (QED) is 0.444. The molecule has 144 valence electrons. The lowest BCUT2D eigenvalue weighted by molar-refractivity contribution is -0.387. The van der Waals surface area contributed by atoms with Crippen molar-refractivity contribution in [1.82, 2.24) is 4.98 Å². The van der Waals surface area contributed by atoms with E-state index in [9.17, 15) is 19.3 Å². The number of nitrogens with one attached hydrogen (secondary N) is 1. The molecule has 0 saturated carbocycles. The van der Waals surface area contributed by atoms with Gasteiger partial charge in [-0.25, -0.2) is 4.98 Å². The van der Waals surface area contributed by atoms with Gasteiger partial charge in [0.2, 0.25) is 11.7 Å². The molecule has 28 heavy (non-hydrogen) atoms. The molecule has 0 atom stereocenters. The predicted molar refractivity (Wildman–Crippen MR) is 103 cm³/mol. The summed E-state index contributed by atoms with van der Waals surface area (Å²) in [5.41, 5.74) is -0.0264. The summed E-state index contributed by atoms with van der Waals surface area (Å²) in [5, 5.41) is 16.3. The highest BCUT2D eigenvalue weighted by Gasteiger charge is 2.16. The number of halogens is 2. The smallest absolute Gasteiger partial charge is 0.306 e. The summed E-state index contributed by atoms with van der Waals surface area (Å²) >= 11 is 7.16. The van der Waals surface area contributed by atoms with Crippen LogP contribution in [-0.4, -0.2) is 15.8 Å². The number of nitrogens with zero attached hydrogens (tertiary/aromatic N) is 2. The van der Waals surface area contributed by atoms with E-state index in [0.29, 0.717) is 21.5 Å². The molecule has 0 bridgehead atoms. The first-order chi connectivity index (χ1) is 13.4. The Labute approximate surface area is 167 Å². The van der Waals surface area contributed by atoms with E-state index in [-0.39, 0.29) is 18.7 Å². The average molecular weight is 422 g/mol. The number of ether oxygens (including phenoxy) is 1. The third-order valence-electron chi connectivity index (χ3n) is 3.54. The molecule has 1 aromatic heterocycles. The Hall–Kier alpha value is -3.04. The highest BCUT2D eigenvalue weighted by atomic mass is 35.5. The predicted octanol–water partition coefficient (Wildman–Crippen LogP) is 4.60. The van der Waals surface area contributed by atoms with E-state index >= 15 is 0 Å². The van der Waals surface area contributed by atoms with E-state index in [1.54, 1.807) is 29.6 Å². The summed E-state index contributed by atoms with van der Waals surface area (Å²) in [5.74, 6) is -0.735. The molecule has 1 heterocycles. The van der Waals surface area contributed by atoms with E-state index in [1.807, 2.05) is 0 Å². The van der Waals surface area contributed by atoms with Crippen LogP contribution in [0.3, 0.4) is 0 Å². The molecule has 0 spiro atoms. The van der Waals surface area contributed by atoms with Crippen molar-refractivity contribution >= 4 is 40.2 Å². The van der Waals surface area contributed by atoms with Crippen LogP contribution in [0, 0.1) is 15.9 Å². The van der Waals surface area contributed by atoms with Gasteiger partial charge in [-0.05, 0) is 36.4 Å². The van der Waals surface area contributed by atoms with Crippen molar-refractivity contribution < 1.29 is 18.8 Å². The van der Waals surface area contributed by atoms with Crippen molar-refractivity contribution in [3.05, 3.63) is 79.5 Å². The molecule has 7 nitrogen and oxygen atoms in total. The SMILES string of the molecule is O=C(Cc1csc(COc2ccc(Cl)cc2)n1)Nc1ccc(F)c([N+](=O)[O-])c1. The number of rotatable bonds is 7. The third kappa shape index (κ3) is 5.24. The van der Waals surface area contributed by atoms with Crippen LogP contribution in [0.5, 0.6) is 5.75 Å². The molecule has 2 aromatic carbocycles. The first kappa shape index (κ1) is 19.7. The van der Waals surface area contributed by atoms with Gasteiger partial charge in [0.25, 0.3) is 0 Å². The number of nitro groups is 1. The molecular formula is C18H13ClFN3O4S. The Morgan fingerprint density at radius 2 is 2.04 bits per heavy atom. The van der Waals surface area contributed by atoms with Gasteiger partial charge in [-0.3, -0.25) is 14.9 Å². The molecule has 1 amide bonds. The minimum atomic E-state index is -0.965. The zero-order chi connectivity index (χ0) is 20.1. The lowest BCUT2D eigenvalue weighted by Crippen LogP contribution is -2.15. The van der Waals surface area contributed by atoms with E-state index in [0.717, 1.165) is 12.1 Å². The zero-order valence-corrected chi connectivity index (χ0v) is 15.8. The summed E-state index contributed by atoms with van der Waals surface area (Å²) in [7, 11) is 0. The number of thiazole rings is 1. The summed E-state index contributed by atoms with van der Waals surface area (Å²) in [6.07, 6.45) is -0.0252. The second-order valence-electron chi connectivity index (χ2n) is 5.62. The van der Waals surface area contributed by atoms with Crippen LogP contribution in [-0.2, 0) is 17.8 Å². The Kier molecular flexibility index (Phi) is 6.17. The molecule has 0 radical (unpaired) electrons. The van der Waals surface area contributed by atoms with E-state index in [2.05, 4.69) is 10.3 Å². The Balaban J connectivity index is 1.55. The van der Waals surface area contributed by atoms with Crippen LogP contribution in [0.1, 0.15) is 10.7 Å². The number of hydrogen-bond acceptors (Lipinski definition) is 6. The van der Waals surface area contributed by atoms with Gasteiger partial charge in [-0.1, -0.05) is 11.6 Å². The molecule has 0 saturated heterocycles. The number of nitro benzene ring substituents is 1. The van der Waals surface area contributed by atoms with Gasteiger partial charge in [0, 0.05) is 22.2 Å². The number of carbonyl (C=O) groups is 1. The van der Waals surface area contributed by atoms with Crippen molar-refractivity contribution in [2.24, 2.45) is 0 Å². The van der Waals surface area contributed by atoms with Crippen LogP contribution in [0.15, 0.2) is 47.8 Å². The van der Waals surface area contributed by atoms with Gasteiger partial charge in [-0.15, -0.1) is 11.3 Å². The highest BCUT2D eigenvalue weighted by Crippen LogP contribution is 2.22. The topological polar surface area (TPSA) is 94.4 Å². The second kappa shape index (κ2) is 8.77. The fourth-order valence-corrected chi connectivity index (χ4v) is 3.10. The number of benzene rings is 2. The lowest BCUT2D eigenvalue weighted by Gasteiger charge is -2.05. The first-order valence-corrected chi connectivity index (χ1v) is 9.22. The number of amides is 1. The summed E-state index contributed by atoms with van der Waals surface area (Å²) < 4.78 is 18.9. The van der Waals surface area contributed by atoms with Gasteiger partial charge in [-0.2, -0.15) is 4.39 Å². The number of anilines is 1. The number of carbonyl (C=O) groups excluding carboxylic acids is 1. The van der Waals surface area contributed by atoms with Crippen LogP contribution in [0.25, 0.3) is 0 Å². The van der Waals surface area contributed by atoms with Gasteiger partial charge in [0.05, 0.1) is 17.0 Å².